The zero-order valence-electron chi connectivity index (χ0n) is 27.1. The lowest BCUT2D eigenvalue weighted by Gasteiger charge is -2.34. The molecule has 3 heterocycles. The predicted molar refractivity (Wildman–Crippen MR) is 188 cm³/mol. The summed E-state index contributed by atoms with van der Waals surface area (Å²) in [5.74, 6) is 1.47. The van der Waals surface area contributed by atoms with Gasteiger partial charge in [-0.3, -0.25) is 9.36 Å². The smallest absolute Gasteiger partial charge is 0.259 e. The van der Waals surface area contributed by atoms with Gasteiger partial charge < -0.3 is 9.64 Å². The van der Waals surface area contributed by atoms with Crippen molar-refractivity contribution in [2.24, 2.45) is 0 Å². The predicted octanol–water partition coefficient (Wildman–Crippen LogP) is 7.39. The molecular weight excluding hydrogens is 596 g/mol. The van der Waals surface area contributed by atoms with Gasteiger partial charge in [0.25, 0.3) is 5.56 Å². The standard InChI is InChI=1S/C40H38N6O2/c1-2-8-38-37(25-29-13-15-31(16-14-29)36-12-7-6-11-32(36)26-41)39(47)45(40-42-28-43-46(38)40)34-21-23-44(24-22-34)33-17-19-35(20-18-33)48-27-30-9-4-3-5-10-30/h3-7,9-20,28,34H,2,8,21-25,27H2,1H3. The number of piperidine rings is 1. The summed E-state index contributed by atoms with van der Waals surface area (Å²) < 4.78 is 9.78. The van der Waals surface area contributed by atoms with Crippen molar-refractivity contribution in [1.29, 1.82) is 5.26 Å². The van der Waals surface area contributed by atoms with Crippen molar-refractivity contribution in [2.45, 2.75) is 51.7 Å². The van der Waals surface area contributed by atoms with Gasteiger partial charge in [-0.15, -0.1) is 0 Å². The molecule has 0 spiro atoms. The van der Waals surface area contributed by atoms with Gasteiger partial charge in [0.05, 0.1) is 17.3 Å². The third-order valence-electron chi connectivity index (χ3n) is 9.29. The number of aromatic nitrogens is 4. The molecule has 240 valence electrons. The summed E-state index contributed by atoms with van der Waals surface area (Å²) in [6, 6.07) is 36.6. The van der Waals surface area contributed by atoms with E-state index in [1.165, 1.54) is 0 Å². The van der Waals surface area contributed by atoms with Crippen LogP contribution in [0.4, 0.5) is 5.69 Å². The van der Waals surface area contributed by atoms with Crippen LogP contribution in [0.1, 0.15) is 60.2 Å². The zero-order valence-corrected chi connectivity index (χ0v) is 27.1. The molecule has 7 rings (SSSR count). The maximum atomic E-state index is 14.4. The van der Waals surface area contributed by atoms with Crippen molar-refractivity contribution in [3.63, 3.8) is 0 Å². The number of benzene rings is 4. The molecule has 0 bridgehead atoms. The van der Waals surface area contributed by atoms with Crippen molar-refractivity contribution >= 4 is 11.5 Å². The summed E-state index contributed by atoms with van der Waals surface area (Å²) in [6.07, 6.45) is 5.35. The third-order valence-corrected chi connectivity index (χ3v) is 9.29. The highest BCUT2D eigenvalue weighted by atomic mass is 16.5. The van der Waals surface area contributed by atoms with Gasteiger partial charge in [-0.2, -0.15) is 15.3 Å². The molecule has 0 amide bonds. The van der Waals surface area contributed by atoms with Crippen LogP contribution in [0.3, 0.4) is 0 Å². The van der Waals surface area contributed by atoms with Gasteiger partial charge >= 0.3 is 0 Å². The molecule has 0 N–H and O–H groups in total. The second-order valence-corrected chi connectivity index (χ2v) is 12.3. The van der Waals surface area contributed by atoms with Crippen LogP contribution in [0.2, 0.25) is 0 Å². The zero-order chi connectivity index (χ0) is 32.9. The van der Waals surface area contributed by atoms with Gasteiger partial charge in [-0.05, 0) is 71.8 Å². The minimum Gasteiger partial charge on any atom is -0.489 e. The highest BCUT2D eigenvalue weighted by Crippen LogP contribution is 2.30. The summed E-state index contributed by atoms with van der Waals surface area (Å²) in [5, 5.41) is 14.2. The molecule has 6 aromatic rings. The van der Waals surface area contributed by atoms with Crippen molar-refractivity contribution < 1.29 is 4.74 Å². The Hall–Kier alpha value is -5.68. The maximum Gasteiger partial charge on any atom is 0.259 e. The first-order valence-electron chi connectivity index (χ1n) is 16.7. The summed E-state index contributed by atoms with van der Waals surface area (Å²) in [5.41, 5.74) is 7.59. The topological polar surface area (TPSA) is 88.5 Å². The van der Waals surface area contributed by atoms with Crippen molar-refractivity contribution in [1.82, 2.24) is 19.2 Å². The number of rotatable bonds is 10. The van der Waals surface area contributed by atoms with E-state index in [4.69, 9.17) is 4.74 Å². The molecule has 48 heavy (non-hydrogen) atoms. The van der Waals surface area contributed by atoms with Crippen LogP contribution in [0.25, 0.3) is 16.9 Å². The first-order valence-corrected chi connectivity index (χ1v) is 16.7. The number of nitriles is 1. The summed E-state index contributed by atoms with van der Waals surface area (Å²) in [6.45, 7) is 4.33. The van der Waals surface area contributed by atoms with E-state index in [0.717, 1.165) is 83.7 Å². The molecule has 4 aromatic carbocycles. The van der Waals surface area contributed by atoms with Gasteiger partial charge in [-0.25, -0.2) is 4.52 Å². The average molecular weight is 635 g/mol. The maximum absolute atomic E-state index is 14.4. The first kappa shape index (κ1) is 30.9. The minimum absolute atomic E-state index is 0.0215. The Morgan fingerprint density at radius 2 is 1.60 bits per heavy atom. The fourth-order valence-corrected chi connectivity index (χ4v) is 6.79. The monoisotopic (exact) mass is 634 g/mol. The molecule has 0 unspecified atom stereocenters. The molecule has 0 saturated carbocycles. The van der Waals surface area contributed by atoms with E-state index >= 15 is 0 Å². The molecule has 1 saturated heterocycles. The van der Waals surface area contributed by atoms with E-state index in [-0.39, 0.29) is 11.6 Å². The van der Waals surface area contributed by atoms with E-state index < -0.39 is 0 Å². The SMILES string of the molecule is CCCc1c(Cc2ccc(-c3ccccc3C#N)cc2)c(=O)n(C2CCN(c3ccc(OCc4ccccc4)cc3)CC2)c2ncnn12. The Bertz CT molecular complexity index is 2100. The minimum atomic E-state index is 0.0215. The fourth-order valence-electron chi connectivity index (χ4n) is 6.79. The molecule has 1 aliphatic heterocycles. The lowest BCUT2D eigenvalue weighted by atomic mass is 9.96. The Balaban J connectivity index is 1.10. The van der Waals surface area contributed by atoms with Crippen LogP contribution in [0.15, 0.2) is 114 Å². The Morgan fingerprint density at radius 1 is 0.875 bits per heavy atom. The van der Waals surface area contributed by atoms with Gasteiger partial charge in [0, 0.05) is 36.8 Å². The average Bonchev–Trinajstić information content (AvgIpc) is 3.63. The first-order chi connectivity index (χ1) is 23.6. The quantitative estimate of drug-likeness (QED) is 0.156. The third kappa shape index (κ3) is 6.32. The number of hydrogen-bond donors (Lipinski definition) is 0. The molecule has 0 radical (unpaired) electrons. The number of nitrogens with zero attached hydrogens (tertiary/aromatic N) is 6. The lowest BCUT2D eigenvalue weighted by molar-refractivity contribution is 0.306. The Kier molecular flexibility index (Phi) is 9.01. The van der Waals surface area contributed by atoms with Crippen LogP contribution in [0, 0.1) is 11.3 Å². The lowest BCUT2D eigenvalue weighted by Crippen LogP contribution is -2.39. The number of hydrogen-bond acceptors (Lipinski definition) is 6. The summed E-state index contributed by atoms with van der Waals surface area (Å²) in [7, 11) is 0. The second-order valence-electron chi connectivity index (χ2n) is 12.3. The van der Waals surface area contributed by atoms with E-state index in [0.29, 0.717) is 24.4 Å². The van der Waals surface area contributed by atoms with E-state index in [9.17, 15) is 10.1 Å². The highest BCUT2D eigenvalue weighted by molar-refractivity contribution is 5.70. The molecule has 2 aromatic heterocycles. The molecule has 0 aliphatic carbocycles. The molecule has 0 atom stereocenters. The van der Waals surface area contributed by atoms with Crippen LogP contribution in [0.5, 0.6) is 5.75 Å². The molecule has 8 heteroatoms. The number of anilines is 1. The van der Waals surface area contributed by atoms with Crippen molar-refractivity contribution in [3.05, 3.63) is 148 Å². The summed E-state index contributed by atoms with van der Waals surface area (Å²) in [4.78, 5) is 21.4. The molecule has 1 aliphatic rings. The normalized spacial score (nSPS) is 13.5. The molecule has 8 nitrogen and oxygen atoms in total. The van der Waals surface area contributed by atoms with Crippen molar-refractivity contribution in [2.75, 3.05) is 18.0 Å². The molecular formula is C40H38N6O2. The van der Waals surface area contributed by atoms with E-state index in [1.807, 2.05) is 75.8 Å². The highest BCUT2D eigenvalue weighted by Gasteiger charge is 2.27. The van der Waals surface area contributed by atoms with E-state index in [1.54, 1.807) is 6.33 Å². The van der Waals surface area contributed by atoms with Crippen LogP contribution >= 0.6 is 0 Å². The molecule has 1 fully saturated rings. The van der Waals surface area contributed by atoms with Gasteiger partial charge in [0.2, 0.25) is 5.78 Å². The fraction of sp³-hybridized carbons (Fsp3) is 0.250. The number of fused-ring (bicyclic) bond motifs is 1. The number of aryl methyl sites for hydroxylation is 1. The summed E-state index contributed by atoms with van der Waals surface area (Å²) >= 11 is 0. The van der Waals surface area contributed by atoms with Crippen LogP contribution in [-0.2, 0) is 19.4 Å². The van der Waals surface area contributed by atoms with Gasteiger partial charge in [-0.1, -0.05) is 86.1 Å². The van der Waals surface area contributed by atoms with E-state index in [2.05, 4.69) is 64.4 Å². The van der Waals surface area contributed by atoms with Crippen LogP contribution in [-0.4, -0.2) is 32.3 Å². The van der Waals surface area contributed by atoms with Crippen LogP contribution < -0.4 is 15.2 Å². The second kappa shape index (κ2) is 14.0. The largest absolute Gasteiger partial charge is 0.489 e. The Morgan fingerprint density at radius 3 is 2.33 bits per heavy atom. The van der Waals surface area contributed by atoms with Crippen molar-refractivity contribution in [3.8, 4) is 22.9 Å². The Labute approximate surface area is 280 Å². The van der Waals surface area contributed by atoms with Gasteiger partial charge in [0.15, 0.2) is 0 Å². The number of ether oxygens (including phenoxy) is 1. The van der Waals surface area contributed by atoms with Gasteiger partial charge in [0.1, 0.15) is 18.7 Å².